The molecule has 29 heavy (non-hydrogen) atoms. The minimum Gasteiger partial charge on any atom is -0.508 e. The Morgan fingerprint density at radius 2 is 1.55 bits per heavy atom. The van der Waals surface area contributed by atoms with Gasteiger partial charge in [-0.1, -0.05) is 12.1 Å². The van der Waals surface area contributed by atoms with Crippen LogP contribution in [0.3, 0.4) is 0 Å². The number of hydrogen-bond donors (Lipinski definition) is 3. The number of rotatable bonds is 1. The molecule has 2 aliphatic heterocycles. The molecule has 144 valence electrons. The first kappa shape index (κ1) is 17.8. The highest BCUT2D eigenvalue weighted by Crippen LogP contribution is 2.57. The number of halogens is 1. The number of aromatic hydroxyl groups is 2. The van der Waals surface area contributed by atoms with E-state index in [2.05, 4.69) is 5.32 Å². The van der Waals surface area contributed by atoms with Crippen LogP contribution in [0.5, 0.6) is 23.0 Å². The van der Waals surface area contributed by atoms with Crippen LogP contribution in [-0.2, 0) is 10.3 Å². The fraction of sp³-hybridized carbons (Fsp3) is 0.0476. The van der Waals surface area contributed by atoms with Crippen molar-refractivity contribution in [2.24, 2.45) is 0 Å². The van der Waals surface area contributed by atoms with Gasteiger partial charge in [0.1, 0.15) is 23.0 Å². The zero-order valence-corrected chi connectivity index (χ0v) is 16.8. The van der Waals surface area contributed by atoms with Crippen molar-refractivity contribution in [3.63, 3.8) is 0 Å². The molecular formula is C21H12INO6. The van der Waals surface area contributed by atoms with E-state index in [0.717, 1.165) is 0 Å². The van der Waals surface area contributed by atoms with Crippen molar-refractivity contribution in [3.05, 3.63) is 76.9 Å². The van der Waals surface area contributed by atoms with Crippen LogP contribution in [0.15, 0.2) is 54.6 Å². The van der Waals surface area contributed by atoms with Gasteiger partial charge < -0.3 is 25.0 Å². The minimum absolute atomic E-state index is 0.0158. The number of anilines is 1. The van der Waals surface area contributed by atoms with Gasteiger partial charge in [0, 0.05) is 51.4 Å². The average molecular weight is 501 g/mol. The Morgan fingerprint density at radius 3 is 2.14 bits per heavy atom. The number of carbonyl (C=O) groups excluding carboxylic acids is 2. The van der Waals surface area contributed by atoms with E-state index in [1.54, 1.807) is 52.9 Å². The van der Waals surface area contributed by atoms with E-state index in [1.807, 2.05) is 0 Å². The molecule has 7 nitrogen and oxygen atoms in total. The average Bonchev–Trinajstić information content (AvgIpc) is 2.95. The maximum atomic E-state index is 13.0. The Hall–Kier alpha value is -3.27. The Kier molecular flexibility index (Phi) is 3.75. The molecule has 3 N–H and O–H groups in total. The summed E-state index contributed by atoms with van der Waals surface area (Å²) in [5, 5.41) is 22.5. The van der Waals surface area contributed by atoms with Crippen molar-refractivity contribution in [3.8, 4) is 23.0 Å². The van der Waals surface area contributed by atoms with Gasteiger partial charge in [-0.2, -0.15) is 0 Å². The summed E-state index contributed by atoms with van der Waals surface area (Å²) < 4.78 is 11.5. The van der Waals surface area contributed by atoms with Crippen molar-refractivity contribution in [1.82, 2.24) is 0 Å². The van der Waals surface area contributed by atoms with Gasteiger partial charge in [0.25, 0.3) is 3.91 Å². The van der Waals surface area contributed by atoms with Crippen LogP contribution >= 0.6 is 22.6 Å². The van der Waals surface area contributed by atoms with Crippen LogP contribution in [-0.4, -0.2) is 20.1 Å². The zero-order chi connectivity index (χ0) is 20.3. The molecule has 0 unspecified atom stereocenters. The summed E-state index contributed by atoms with van der Waals surface area (Å²) in [5.41, 5.74) is 0.834. The summed E-state index contributed by atoms with van der Waals surface area (Å²) in [6.07, 6.45) is 0. The second kappa shape index (κ2) is 6.11. The van der Waals surface area contributed by atoms with Crippen LogP contribution in [0.25, 0.3) is 0 Å². The summed E-state index contributed by atoms with van der Waals surface area (Å²) in [6, 6.07) is 14.2. The normalized spacial score (nSPS) is 15.0. The van der Waals surface area contributed by atoms with Crippen molar-refractivity contribution < 1.29 is 29.3 Å². The molecule has 0 radical (unpaired) electrons. The fourth-order valence-electron chi connectivity index (χ4n) is 3.96. The summed E-state index contributed by atoms with van der Waals surface area (Å²) in [7, 11) is 0. The van der Waals surface area contributed by atoms with Gasteiger partial charge >= 0.3 is 5.97 Å². The second-order valence-corrected chi connectivity index (χ2v) is 7.64. The first-order chi connectivity index (χ1) is 13.9. The Morgan fingerprint density at radius 1 is 0.931 bits per heavy atom. The third kappa shape index (κ3) is 2.48. The molecule has 0 aliphatic carbocycles. The highest BCUT2D eigenvalue weighted by molar-refractivity contribution is 14.1. The molecule has 0 bridgehead atoms. The second-order valence-electron chi connectivity index (χ2n) is 6.66. The maximum Gasteiger partial charge on any atom is 0.342 e. The number of amides is 1. The van der Waals surface area contributed by atoms with Gasteiger partial charge in [-0.25, -0.2) is 4.79 Å². The quantitative estimate of drug-likeness (QED) is 0.194. The van der Waals surface area contributed by atoms with Crippen molar-refractivity contribution in [2.75, 3.05) is 5.32 Å². The molecule has 0 saturated heterocycles. The summed E-state index contributed by atoms with van der Waals surface area (Å²) in [6.45, 7) is 0. The van der Waals surface area contributed by atoms with E-state index in [0.29, 0.717) is 33.9 Å². The van der Waals surface area contributed by atoms with E-state index < -0.39 is 11.6 Å². The molecular weight excluding hydrogens is 489 g/mol. The summed E-state index contributed by atoms with van der Waals surface area (Å²) in [5.74, 6) is -0.0317. The van der Waals surface area contributed by atoms with Gasteiger partial charge in [-0.05, 0) is 30.3 Å². The molecule has 1 amide bonds. The molecule has 3 aromatic carbocycles. The van der Waals surface area contributed by atoms with Gasteiger partial charge in [0.2, 0.25) is 0 Å². The number of nitrogens with one attached hydrogen (secondary N) is 1. The number of hydrogen-bond acceptors (Lipinski definition) is 6. The Bertz CT molecular complexity index is 1170. The summed E-state index contributed by atoms with van der Waals surface area (Å²) >= 11 is 1.59. The third-order valence-electron chi connectivity index (χ3n) is 5.04. The topological polar surface area (TPSA) is 105 Å². The molecule has 0 aromatic heterocycles. The number of esters is 1. The number of fused-ring (bicyclic) bond motifs is 6. The first-order valence-electron chi connectivity index (χ1n) is 8.58. The monoisotopic (exact) mass is 501 g/mol. The molecule has 0 saturated carbocycles. The molecule has 2 heterocycles. The largest absolute Gasteiger partial charge is 0.508 e. The predicted octanol–water partition coefficient (Wildman–Crippen LogP) is 4.63. The van der Waals surface area contributed by atoms with Gasteiger partial charge in [0.05, 0.1) is 11.3 Å². The van der Waals surface area contributed by atoms with E-state index in [-0.39, 0.29) is 21.0 Å². The number of benzene rings is 3. The molecule has 0 fully saturated rings. The van der Waals surface area contributed by atoms with E-state index in [9.17, 15) is 19.8 Å². The zero-order valence-electron chi connectivity index (χ0n) is 14.6. The lowest BCUT2D eigenvalue weighted by atomic mass is 9.77. The predicted molar refractivity (Wildman–Crippen MR) is 111 cm³/mol. The van der Waals surface area contributed by atoms with Gasteiger partial charge in [0.15, 0.2) is 5.60 Å². The smallest absolute Gasteiger partial charge is 0.342 e. The number of carbonyl (C=O) groups is 2. The minimum atomic E-state index is -1.34. The molecule has 8 heteroatoms. The van der Waals surface area contributed by atoms with Crippen LogP contribution < -0.4 is 10.1 Å². The van der Waals surface area contributed by atoms with Crippen LogP contribution in [0.1, 0.15) is 27.0 Å². The fourth-order valence-corrected chi connectivity index (χ4v) is 4.25. The number of ether oxygens (including phenoxy) is 2. The number of phenolic OH excluding ortho intramolecular Hbond substituents is 2. The molecule has 3 aromatic rings. The molecule has 5 rings (SSSR count). The SMILES string of the molecule is O=C(I)Nc1cccc2c1C(=O)OC21c2ccc(O)cc2Oc2cc(O)ccc21. The highest BCUT2D eigenvalue weighted by Gasteiger charge is 2.54. The molecule has 0 atom stereocenters. The van der Waals surface area contributed by atoms with Crippen molar-refractivity contribution in [2.45, 2.75) is 5.60 Å². The van der Waals surface area contributed by atoms with E-state index in [1.165, 1.54) is 24.3 Å². The lowest BCUT2D eigenvalue weighted by molar-refractivity contribution is 0.0224. The van der Waals surface area contributed by atoms with Crippen LogP contribution in [0, 0.1) is 0 Å². The molecule has 1 spiro atoms. The Balaban J connectivity index is 1.86. The van der Waals surface area contributed by atoms with E-state index >= 15 is 0 Å². The van der Waals surface area contributed by atoms with Crippen LogP contribution in [0.2, 0.25) is 0 Å². The lowest BCUT2D eigenvalue weighted by Crippen LogP contribution is -2.32. The third-order valence-corrected chi connectivity index (χ3v) is 5.31. The highest BCUT2D eigenvalue weighted by atomic mass is 127. The maximum absolute atomic E-state index is 13.0. The van der Waals surface area contributed by atoms with Gasteiger partial charge in [-0.15, -0.1) is 0 Å². The van der Waals surface area contributed by atoms with Crippen molar-refractivity contribution in [1.29, 1.82) is 0 Å². The van der Waals surface area contributed by atoms with Crippen molar-refractivity contribution >= 4 is 38.2 Å². The van der Waals surface area contributed by atoms with Gasteiger partial charge in [-0.3, -0.25) is 4.79 Å². The molecule has 2 aliphatic rings. The Labute approximate surface area is 178 Å². The standard InChI is InChI=1S/C21H12INO6/c22-20(27)23-15-3-1-2-14-18(15)19(26)29-21(14)12-6-4-10(24)8-16(12)28-17-9-11(25)5-7-13(17)21/h1-9,24-25H,(H,23,27). The number of phenols is 2. The lowest BCUT2D eigenvalue weighted by Gasteiger charge is -2.36. The summed E-state index contributed by atoms with van der Waals surface area (Å²) in [4.78, 5) is 24.6. The van der Waals surface area contributed by atoms with E-state index in [4.69, 9.17) is 9.47 Å². The van der Waals surface area contributed by atoms with Crippen LogP contribution in [0.4, 0.5) is 10.5 Å². The first-order valence-corrected chi connectivity index (χ1v) is 9.66.